The predicted molar refractivity (Wildman–Crippen MR) is 278 cm³/mol. The van der Waals surface area contributed by atoms with E-state index in [9.17, 15) is 38.7 Å². The van der Waals surface area contributed by atoms with Crippen LogP contribution in [-0.2, 0) is 63.6 Å². The molecule has 0 radical (unpaired) electrons. The Labute approximate surface area is 439 Å². The summed E-state index contributed by atoms with van der Waals surface area (Å²) in [5.74, 6) is -3.37. The summed E-state index contributed by atoms with van der Waals surface area (Å²) in [6.07, 6.45) is -0.755. The molecule has 1 saturated heterocycles. The lowest BCUT2D eigenvalue weighted by molar-refractivity contribution is -0.233. The van der Waals surface area contributed by atoms with Crippen LogP contribution >= 0.6 is 0 Å². The Kier molecular flexibility index (Phi) is 29.2. The highest BCUT2D eigenvalue weighted by Crippen LogP contribution is 2.30. The van der Waals surface area contributed by atoms with Gasteiger partial charge in [0.25, 0.3) is 0 Å². The van der Waals surface area contributed by atoms with E-state index in [4.69, 9.17) is 34.2 Å². The number of rotatable bonds is 33. The molecule has 11 atom stereocenters. The molecule has 21 nitrogen and oxygen atoms in total. The van der Waals surface area contributed by atoms with Gasteiger partial charge in [-0.1, -0.05) is 78.3 Å². The maximum absolute atomic E-state index is 14.2. The monoisotopic (exact) mass is 1050 g/mol. The van der Waals surface area contributed by atoms with E-state index in [0.717, 1.165) is 12.0 Å². The average Bonchev–Trinajstić information content (AvgIpc) is 3.85. The highest BCUT2D eigenvalue weighted by Gasteiger charge is 2.43. The number of aliphatic hydroxyl groups excluding tert-OH is 1. The second-order valence-corrected chi connectivity index (χ2v) is 20.5. The van der Waals surface area contributed by atoms with Crippen molar-refractivity contribution in [1.29, 1.82) is 0 Å². The number of nitrogens with one attached hydrogen (secondary N) is 4. The standard InChI is InChI=1S/C53H91N7O14/c1-14-34(5)46(59(11)50(66)45(54)33(3)4)41(69-12)30-43(63)60-27-19-23-40(60)47(70-13)35(6)48(64)58-39(29-37-21-17-16-18-22-37)49(65)55-25-20-28-71-51(67)36(7)57-42(62)24-26-56-52(68)72-32-44(74-53(8,9)10)73-38(15-2)31-61/h16-18,21-22,33-36,38-41,44-47,61H,14-15,19-20,23-32,54H2,1-13H3,(H,55,65)(H,56,68)(H,57,62)(H,58,64)/t34-,35+,36-,38?,39-,40-,41+,44?,45-,46-,47+/m0/s1. The molecule has 0 aromatic heterocycles. The van der Waals surface area contributed by atoms with Gasteiger partial charge in [0.15, 0.2) is 6.29 Å². The van der Waals surface area contributed by atoms with E-state index in [2.05, 4.69) is 21.3 Å². The summed E-state index contributed by atoms with van der Waals surface area (Å²) >= 11 is 0. The Balaban J connectivity index is 1.98. The number of aliphatic hydroxyl groups is 1. The van der Waals surface area contributed by atoms with Crippen molar-refractivity contribution >= 4 is 41.6 Å². The van der Waals surface area contributed by atoms with Crippen molar-refractivity contribution in [3.63, 3.8) is 0 Å². The van der Waals surface area contributed by atoms with Crippen LogP contribution in [0, 0.1) is 17.8 Å². The Morgan fingerprint density at radius 2 is 1.57 bits per heavy atom. The third-order valence-electron chi connectivity index (χ3n) is 13.2. The van der Waals surface area contributed by atoms with Crippen LogP contribution < -0.4 is 27.0 Å². The summed E-state index contributed by atoms with van der Waals surface area (Å²) in [7, 11) is 4.75. The number of esters is 1. The quantitative estimate of drug-likeness (QED) is 0.0335. The zero-order chi connectivity index (χ0) is 55.7. The Bertz CT molecular complexity index is 1880. The number of benzene rings is 1. The number of nitrogens with two attached hydrogens (primary N) is 1. The van der Waals surface area contributed by atoms with Crippen LogP contribution in [0.4, 0.5) is 4.79 Å². The molecule has 6 amide bonds. The highest BCUT2D eigenvalue weighted by molar-refractivity contribution is 5.89. The zero-order valence-corrected chi connectivity index (χ0v) is 46.4. The zero-order valence-electron chi connectivity index (χ0n) is 46.4. The first-order valence-corrected chi connectivity index (χ1v) is 26.2. The topological polar surface area (TPSA) is 276 Å². The van der Waals surface area contributed by atoms with Crippen LogP contribution in [0.25, 0.3) is 0 Å². The molecule has 422 valence electrons. The molecule has 1 heterocycles. The van der Waals surface area contributed by atoms with Crippen molar-refractivity contribution in [2.24, 2.45) is 23.5 Å². The first-order chi connectivity index (χ1) is 34.9. The molecule has 1 aromatic carbocycles. The van der Waals surface area contributed by atoms with Crippen molar-refractivity contribution < 1.29 is 67.1 Å². The Morgan fingerprint density at radius 3 is 2.15 bits per heavy atom. The first-order valence-electron chi connectivity index (χ1n) is 26.2. The molecular formula is C53H91N7O14. The molecule has 1 fully saturated rings. The van der Waals surface area contributed by atoms with Crippen molar-refractivity contribution in [2.45, 2.75) is 181 Å². The minimum absolute atomic E-state index is 0.00195. The molecule has 21 heteroatoms. The van der Waals surface area contributed by atoms with Crippen LogP contribution in [0.15, 0.2) is 30.3 Å². The van der Waals surface area contributed by atoms with Crippen molar-refractivity contribution in [1.82, 2.24) is 31.1 Å². The van der Waals surface area contributed by atoms with Crippen molar-refractivity contribution in [3.05, 3.63) is 35.9 Å². The van der Waals surface area contributed by atoms with Gasteiger partial charge in [-0.3, -0.25) is 24.0 Å². The third kappa shape index (κ3) is 22.1. The number of amides is 6. The molecule has 0 spiro atoms. The number of likely N-dealkylation sites (N-methyl/N-ethyl adjacent to an activating group) is 1. The van der Waals surface area contributed by atoms with Gasteiger partial charge < -0.3 is 70.3 Å². The van der Waals surface area contributed by atoms with Gasteiger partial charge in [0, 0.05) is 53.7 Å². The van der Waals surface area contributed by atoms with Gasteiger partial charge in [-0.2, -0.15) is 0 Å². The van der Waals surface area contributed by atoms with E-state index in [1.807, 2.05) is 85.7 Å². The fourth-order valence-corrected chi connectivity index (χ4v) is 8.72. The second kappa shape index (κ2) is 33.2. The van der Waals surface area contributed by atoms with Gasteiger partial charge in [0.05, 0.1) is 67.6 Å². The maximum atomic E-state index is 14.2. The summed E-state index contributed by atoms with van der Waals surface area (Å²) < 4.78 is 34.0. The number of carbonyl (C=O) groups excluding carboxylic acids is 7. The molecule has 1 aliphatic rings. The lowest BCUT2D eigenvalue weighted by Gasteiger charge is -2.40. The van der Waals surface area contributed by atoms with Gasteiger partial charge in [-0.25, -0.2) is 9.59 Å². The number of carbonyl (C=O) groups is 7. The van der Waals surface area contributed by atoms with Crippen LogP contribution in [0.2, 0.25) is 0 Å². The van der Waals surface area contributed by atoms with Gasteiger partial charge in [0.1, 0.15) is 18.7 Å². The number of hydrogen-bond acceptors (Lipinski definition) is 15. The molecule has 1 aliphatic heterocycles. The molecule has 2 unspecified atom stereocenters. The first kappa shape index (κ1) is 65.2. The van der Waals surface area contributed by atoms with Crippen molar-refractivity contribution in [3.8, 4) is 0 Å². The third-order valence-corrected chi connectivity index (χ3v) is 13.2. The van der Waals surface area contributed by atoms with Crippen LogP contribution in [0.1, 0.15) is 120 Å². The number of likely N-dealkylation sites (tertiary alicyclic amines) is 1. The lowest BCUT2D eigenvalue weighted by atomic mass is 9.89. The molecule has 2 rings (SSSR count). The fraction of sp³-hybridized carbons (Fsp3) is 0.755. The van der Waals surface area contributed by atoms with E-state index in [1.165, 1.54) is 21.1 Å². The molecule has 0 aliphatic carbocycles. The fourth-order valence-electron chi connectivity index (χ4n) is 8.72. The highest BCUT2D eigenvalue weighted by atomic mass is 16.7. The van der Waals surface area contributed by atoms with Crippen molar-refractivity contribution in [2.75, 3.05) is 60.7 Å². The summed E-state index contributed by atoms with van der Waals surface area (Å²) in [4.78, 5) is 96.4. The Hall–Kier alpha value is -4.93. The van der Waals surface area contributed by atoms with Crippen LogP contribution in [-0.4, -0.2) is 178 Å². The smallest absolute Gasteiger partial charge is 0.407 e. The summed E-state index contributed by atoms with van der Waals surface area (Å²) in [5.41, 5.74) is 6.47. The molecule has 7 N–H and O–H groups in total. The van der Waals surface area contributed by atoms with E-state index >= 15 is 0 Å². The maximum Gasteiger partial charge on any atom is 0.407 e. The normalized spacial score (nSPS) is 17.8. The number of ether oxygens (including phenoxy) is 6. The van der Waals surface area contributed by atoms with Gasteiger partial charge in [0.2, 0.25) is 29.5 Å². The minimum atomic E-state index is -1.00. The molecule has 0 bridgehead atoms. The SMILES string of the molecule is CCC(CO)OC(COC(=O)NCCC(=O)N[C@@H](C)C(=O)OCCCNC(=O)[C@H](Cc1ccccc1)NC(=O)[C@H](C)[C@@H](OC)[C@@H]1CCCN1C(=O)C[C@@H](OC)[C@H]([C@@H](C)CC)N(C)C(=O)[C@@H](N)C(C)C)OC(C)(C)C. The van der Waals surface area contributed by atoms with E-state index in [1.54, 1.807) is 23.8 Å². The molecule has 0 saturated carbocycles. The average molecular weight is 1050 g/mol. The number of hydrogen-bond donors (Lipinski definition) is 6. The molecular weight excluding hydrogens is 959 g/mol. The van der Waals surface area contributed by atoms with Crippen LogP contribution in [0.3, 0.4) is 0 Å². The summed E-state index contributed by atoms with van der Waals surface area (Å²) in [6.45, 7) is 18.2. The largest absolute Gasteiger partial charge is 0.464 e. The Morgan fingerprint density at radius 1 is 0.892 bits per heavy atom. The second-order valence-electron chi connectivity index (χ2n) is 20.5. The molecule has 74 heavy (non-hydrogen) atoms. The minimum Gasteiger partial charge on any atom is -0.464 e. The van der Waals surface area contributed by atoms with E-state index in [0.29, 0.717) is 25.8 Å². The molecule has 1 aromatic rings. The van der Waals surface area contributed by atoms with Gasteiger partial charge in [-0.15, -0.1) is 0 Å². The van der Waals surface area contributed by atoms with Gasteiger partial charge in [-0.05, 0) is 70.8 Å². The predicted octanol–water partition coefficient (Wildman–Crippen LogP) is 3.22. The number of nitrogens with zero attached hydrogens (tertiary/aromatic N) is 2. The van der Waals surface area contributed by atoms with E-state index in [-0.39, 0.29) is 82.2 Å². The summed E-state index contributed by atoms with van der Waals surface area (Å²) in [5, 5.41) is 20.3. The lowest BCUT2D eigenvalue weighted by Crippen LogP contribution is -2.56. The number of alkyl carbamates (subject to hydrolysis) is 1. The van der Waals surface area contributed by atoms with Crippen LogP contribution in [0.5, 0.6) is 0 Å². The summed E-state index contributed by atoms with van der Waals surface area (Å²) in [6, 6.07) is 5.67. The van der Waals surface area contributed by atoms with Gasteiger partial charge >= 0.3 is 12.1 Å². The number of methoxy groups -OCH3 is 2. The van der Waals surface area contributed by atoms with E-state index < -0.39 is 96.1 Å².